The molecule has 1 aromatic carbocycles. The minimum Gasteiger partial charge on any atom is -0.494 e. The standard InChI is InChI=1S/C14H19BrO3/c1-3-14(4-2,13(16)17)9-10-18-12-7-5-11(15)6-8-12/h5-8H,3-4,9-10H2,1-2H3,(H,16,17). The van der Waals surface area contributed by atoms with Crippen LogP contribution >= 0.6 is 15.9 Å². The van der Waals surface area contributed by atoms with Crippen LogP contribution in [-0.4, -0.2) is 17.7 Å². The molecule has 0 amide bonds. The second-order valence-electron chi connectivity index (χ2n) is 4.34. The summed E-state index contributed by atoms with van der Waals surface area (Å²) in [5.74, 6) is 0.0385. The van der Waals surface area contributed by atoms with Crippen LogP contribution < -0.4 is 4.74 Å². The van der Waals surface area contributed by atoms with E-state index < -0.39 is 11.4 Å². The third-order valence-electron chi connectivity index (χ3n) is 3.47. The van der Waals surface area contributed by atoms with E-state index in [4.69, 9.17) is 4.74 Å². The zero-order chi connectivity index (χ0) is 13.6. The fourth-order valence-corrected chi connectivity index (χ4v) is 2.17. The topological polar surface area (TPSA) is 46.5 Å². The van der Waals surface area contributed by atoms with Gasteiger partial charge in [-0.3, -0.25) is 4.79 Å². The second-order valence-corrected chi connectivity index (χ2v) is 5.26. The summed E-state index contributed by atoms with van der Waals surface area (Å²) >= 11 is 3.35. The summed E-state index contributed by atoms with van der Waals surface area (Å²) in [6, 6.07) is 7.54. The predicted octanol–water partition coefficient (Wildman–Crippen LogP) is 4.11. The Balaban J connectivity index is 2.54. The molecule has 0 unspecified atom stereocenters. The summed E-state index contributed by atoms with van der Waals surface area (Å²) in [7, 11) is 0. The van der Waals surface area contributed by atoms with Crippen molar-refractivity contribution >= 4 is 21.9 Å². The summed E-state index contributed by atoms with van der Waals surface area (Å²) in [5.41, 5.74) is -0.657. The van der Waals surface area contributed by atoms with Gasteiger partial charge in [0.1, 0.15) is 5.75 Å². The highest BCUT2D eigenvalue weighted by Crippen LogP contribution is 2.31. The Bertz CT molecular complexity index is 383. The first-order valence-electron chi connectivity index (χ1n) is 6.16. The van der Waals surface area contributed by atoms with Gasteiger partial charge in [-0.05, 0) is 43.5 Å². The zero-order valence-electron chi connectivity index (χ0n) is 10.8. The highest BCUT2D eigenvalue weighted by molar-refractivity contribution is 9.10. The number of halogens is 1. The number of rotatable bonds is 7. The van der Waals surface area contributed by atoms with Gasteiger partial charge in [-0.15, -0.1) is 0 Å². The Morgan fingerprint density at radius 2 is 1.83 bits per heavy atom. The average molecular weight is 315 g/mol. The van der Waals surface area contributed by atoms with Crippen molar-refractivity contribution in [1.82, 2.24) is 0 Å². The maximum Gasteiger partial charge on any atom is 0.309 e. The van der Waals surface area contributed by atoms with E-state index in [2.05, 4.69) is 15.9 Å². The lowest BCUT2D eigenvalue weighted by Gasteiger charge is -2.26. The molecule has 18 heavy (non-hydrogen) atoms. The van der Waals surface area contributed by atoms with Crippen molar-refractivity contribution in [2.45, 2.75) is 33.1 Å². The summed E-state index contributed by atoms with van der Waals surface area (Å²) < 4.78 is 6.58. The van der Waals surface area contributed by atoms with Crippen molar-refractivity contribution in [2.75, 3.05) is 6.61 Å². The fourth-order valence-electron chi connectivity index (χ4n) is 1.91. The van der Waals surface area contributed by atoms with Gasteiger partial charge < -0.3 is 9.84 Å². The third-order valence-corrected chi connectivity index (χ3v) is 4.00. The molecule has 1 aromatic rings. The molecule has 3 nitrogen and oxygen atoms in total. The van der Waals surface area contributed by atoms with Crippen molar-refractivity contribution in [3.63, 3.8) is 0 Å². The van der Waals surface area contributed by atoms with Crippen molar-refractivity contribution < 1.29 is 14.6 Å². The van der Waals surface area contributed by atoms with Crippen LogP contribution in [0.2, 0.25) is 0 Å². The third kappa shape index (κ3) is 3.73. The van der Waals surface area contributed by atoms with Gasteiger partial charge in [0.15, 0.2) is 0 Å². The van der Waals surface area contributed by atoms with Gasteiger partial charge in [0.25, 0.3) is 0 Å². The summed E-state index contributed by atoms with van der Waals surface area (Å²) in [6.45, 7) is 4.25. The summed E-state index contributed by atoms with van der Waals surface area (Å²) in [6.07, 6.45) is 1.79. The molecule has 100 valence electrons. The molecule has 1 rings (SSSR count). The van der Waals surface area contributed by atoms with Gasteiger partial charge in [0.2, 0.25) is 0 Å². The van der Waals surface area contributed by atoms with E-state index in [-0.39, 0.29) is 0 Å². The molecular weight excluding hydrogens is 296 g/mol. The smallest absolute Gasteiger partial charge is 0.309 e. The molecule has 0 aliphatic carbocycles. The van der Waals surface area contributed by atoms with Crippen LogP contribution in [0, 0.1) is 5.41 Å². The number of ether oxygens (including phenoxy) is 1. The molecule has 4 heteroatoms. The highest BCUT2D eigenvalue weighted by atomic mass is 79.9. The molecule has 0 atom stereocenters. The Morgan fingerprint density at radius 1 is 1.28 bits per heavy atom. The van der Waals surface area contributed by atoms with Gasteiger partial charge >= 0.3 is 5.97 Å². The van der Waals surface area contributed by atoms with Gasteiger partial charge in [-0.25, -0.2) is 0 Å². The van der Waals surface area contributed by atoms with Crippen molar-refractivity contribution in [2.24, 2.45) is 5.41 Å². The van der Waals surface area contributed by atoms with Crippen molar-refractivity contribution in [3.8, 4) is 5.75 Å². The van der Waals surface area contributed by atoms with Crippen LogP contribution in [0.5, 0.6) is 5.75 Å². The maximum atomic E-state index is 11.3. The van der Waals surface area contributed by atoms with E-state index in [9.17, 15) is 9.90 Å². The van der Waals surface area contributed by atoms with Gasteiger partial charge in [0, 0.05) is 4.47 Å². The van der Waals surface area contributed by atoms with Crippen LogP contribution in [0.25, 0.3) is 0 Å². The van der Waals surface area contributed by atoms with Gasteiger partial charge in [0.05, 0.1) is 12.0 Å². The lowest BCUT2D eigenvalue weighted by atomic mass is 9.79. The molecule has 0 aliphatic rings. The molecule has 0 fully saturated rings. The molecule has 1 N–H and O–H groups in total. The molecule has 0 saturated carbocycles. The number of carboxylic acids is 1. The fraction of sp³-hybridized carbons (Fsp3) is 0.500. The van der Waals surface area contributed by atoms with E-state index in [1.54, 1.807) is 0 Å². The number of benzene rings is 1. The molecule has 0 aromatic heterocycles. The first-order chi connectivity index (χ1) is 8.54. The average Bonchev–Trinajstić information content (AvgIpc) is 2.37. The van der Waals surface area contributed by atoms with Crippen LogP contribution in [-0.2, 0) is 4.79 Å². The van der Waals surface area contributed by atoms with Crippen LogP contribution in [0.4, 0.5) is 0 Å². The Morgan fingerprint density at radius 3 is 2.28 bits per heavy atom. The molecule has 0 heterocycles. The monoisotopic (exact) mass is 314 g/mol. The minimum absolute atomic E-state index is 0.426. The highest BCUT2D eigenvalue weighted by Gasteiger charge is 2.34. The zero-order valence-corrected chi connectivity index (χ0v) is 12.4. The summed E-state index contributed by atoms with van der Waals surface area (Å²) in [4.78, 5) is 11.3. The van der Waals surface area contributed by atoms with Crippen LogP contribution in [0.1, 0.15) is 33.1 Å². The molecule has 0 radical (unpaired) electrons. The van der Waals surface area contributed by atoms with E-state index in [0.29, 0.717) is 25.9 Å². The maximum absolute atomic E-state index is 11.3. The van der Waals surface area contributed by atoms with E-state index in [1.807, 2.05) is 38.1 Å². The van der Waals surface area contributed by atoms with Gasteiger partial charge in [-0.1, -0.05) is 29.8 Å². The van der Waals surface area contributed by atoms with Crippen LogP contribution in [0.15, 0.2) is 28.7 Å². The number of hydrogen-bond acceptors (Lipinski definition) is 2. The lowest BCUT2D eigenvalue weighted by Crippen LogP contribution is -2.31. The number of carbonyl (C=O) groups is 1. The molecule has 0 aliphatic heterocycles. The Hall–Kier alpha value is -1.03. The Labute approximate surface area is 116 Å². The SMILES string of the molecule is CCC(CC)(CCOc1ccc(Br)cc1)C(=O)O. The number of carboxylic acid groups (broad SMARTS) is 1. The normalized spacial score (nSPS) is 11.3. The second kappa shape index (κ2) is 6.78. The van der Waals surface area contributed by atoms with Gasteiger partial charge in [-0.2, -0.15) is 0 Å². The van der Waals surface area contributed by atoms with E-state index in [1.165, 1.54) is 0 Å². The number of hydrogen-bond donors (Lipinski definition) is 1. The molecule has 0 saturated heterocycles. The van der Waals surface area contributed by atoms with Crippen molar-refractivity contribution in [1.29, 1.82) is 0 Å². The van der Waals surface area contributed by atoms with E-state index >= 15 is 0 Å². The molecule has 0 spiro atoms. The molecular formula is C14H19BrO3. The Kier molecular flexibility index (Phi) is 5.66. The van der Waals surface area contributed by atoms with Crippen LogP contribution in [0.3, 0.4) is 0 Å². The predicted molar refractivity (Wildman–Crippen MR) is 74.9 cm³/mol. The van der Waals surface area contributed by atoms with E-state index in [0.717, 1.165) is 10.2 Å². The summed E-state index contributed by atoms with van der Waals surface area (Å²) in [5, 5.41) is 9.30. The first-order valence-corrected chi connectivity index (χ1v) is 6.95. The minimum atomic E-state index is -0.730. The lowest BCUT2D eigenvalue weighted by molar-refractivity contribution is -0.150. The number of aliphatic carboxylic acids is 1. The molecule has 0 bridgehead atoms. The van der Waals surface area contributed by atoms with Crippen molar-refractivity contribution in [3.05, 3.63) is 28.7 Å². The first kappa shape index (κ1) is 15.0. The quantitative estimate of drug-likeness (QED) is 0.823. The largest absolute Gasteiger partial charge is 0.494 e.